The number of aromatic nitrogens is 2. The van der Waals surface area contributed by atoms with Crippen molar-refractivity contribution in [2.75, 3.05) is 11.9 Å². The van der Waals surface area contributed by atoms with Crippen LogP contribution in [0.1, 0.15) is 30.2 Å². The molecule has 4 nitrogen and oxygen atoms in total. The van der Waals surface area contributed by atoms with Gasteiger partial charge < -0.3 is 10.6 Å². The number of thiophene rings is 1. The Morgan fingerprint density at radius 3 is 3.00 bits per heavy atom. The smallest absolute Gasteiger partial charge is 0.138 e. The van der Waals surface area contributed by atoms with E-state index in [-0.39, 0.29) is 0 Å². The standard InChI is InChI=1S/C14H20N4S/c1-8-10(3)19-14-12(8)13(16-7-17-14)18-11-5-4-6-15-9(11)2/h7,9,11,15H,4-6H2,1-3H3,(H,16,17,18). The summed E-state index contributed by atoms with van der Waals surface area (Å²) in [5, 5.41) is 8.33. The number of anilines is 1. The van der Waals surface area contributed by atoms with Gasteiger partial charge in [-0.05, 0) is 45.7 Å². The molecule has 2 atom stereocenters. The van der Waals surface area contributed by atoms with Crippen molar-refractivity contribution in [3.63, 3.8) is 0 Å². The lowest BCUT2D eigenvalue weighted by atomic mass is 10.00. The van der Waals surface area contributed by atoms with Crippen molar-refractivity contribution in [3.8, 4) is 0 Å². The first kappa shape index (κ1) is 12.8. The third-order valence-electron chi connectivity index (χ3n) is 4.05. The zero-order valence-corrected chi connectivity index (χ0v) is 12.5. The lowest BCUT2D eigenvalue weighted by molar-refractivity contribution is 0.389. The average Bonchev–Trinajstić information content (AvgIpc) is 2.69. The van der Waals surface area contributed by atoms with Gasteiger partial charge in [-0.15, -0.1) is 11.3 Å². The summed E-state index contributed by atoms with van der Waals surface area (Å²) < 4.78 is 0. The van der Waals surface area contributed by atoms with Crippen molar-refractivity contribution in [2.45, 2.75) is 45.7 Å². The summed E-state index contributed by atoms with van der Waals surface area (Å²) in [6, 6.07) is 0.935. The first-order chi connectivity index (χ1) is 9.16. The predicted molar refractivity (Wildman–Crippen MR) is 81.0 cm³/mol. The number of nitrogens with one attached hydrogen (secondary N) is 2. The maximum Gasteiger partial charge on any atom is 0.138 e. The van der Waals surface area contributed by atoms with Crippen molar-refractivity contribution < 1.29 is 0 Å². The van der Waals surface area contributed by atoms with E-state index in [9.17, 15) is 0 Å². The fourth-order valence-corrected chi connectivity index (χ4v) is 3.71. The number of piperidine rings is 1. The topological polar surface area (TPSA) is 49.8 Å². The Kier molecular flexibility index (Phi) is 3.41. The van der Waals surface area contributed by atoms with Crippen molar-refractivity contribution in [1.29, 1.82) is 0 Å². The molecular formula is C14H20N4S. The lowest BCUT2D eigenvalue weighted by Gasteiger charge is -2.31. The molecule has 2 N–H and O–H groups in total. The van der Waals surface area contributed by atoms with Crippen LogP contribution in [-0.2, 0) is 0 Å². The minimum atomic E-state index is 0.450. The molecule has 3 heterocycles. The zero-order valence-electron chi connectivity index (χ0n) is 11.7. The molecule has 2 aromatic heterocycles. The zero-order chi connectivity index (χ0) is 13.4. The summed E-state index contributed by atoms with van der Waals surface area (Å²) in [6.45, 7) is 7.66. The molecule has 5 heteroatoms. The van der Waals surface area contributed by atoms with E-state index >= 15 is 0 Å². The van der Waals surface area contributed by atoms with Crippen molar-refractivity contribution in [2.24, 2.45) is 0 Å². The first-order valence-electron chi connectivity index (χ1n) is 6.87. The number of fused-ring (bicyclic) bond motifs is 1. The van der Waals surface area contributed by atoms with Crippen LogP contribution in [0.3, 0.4) is 0 Å². The van der Waals surface area contributed by atoms with Gasteiger partial charge in [-0.1, -0.05) is 0 Å². The summed E-state index contributed by atoms with van der Waals surface area (Å²) >= 11 is 1.75. The quantitative estimate of drug-likeness (QED) is 0.885. The maximum atomic E-state index is 4.47. The van der Waals surface area contributed by atoms with Gasteiger partial charge in [-0.3, -0.25) is 0 Å². The molecule has 0 saturated carbocycles. The molecular weight excluding hydrogens is 256 g/mol. The van der Waals surface area contributed by atoms with Crippen LogP contribution in [0.4, 0.5) is 5.82 Å². The second-order valence-electron chi connectivity index (χ2n) is 5.32. The van der Waals surface area contributed by atoms with Gasteiger partial charge in [0.25, 0.3) is 0 Å². The number of rotatable bonds is 2. The molecule has 0 aliphatic carbocycles. The Bertz CT molecular complexity index is 592. The molecule has 102 valence electrons. The second-order valence-corrected chi connectivity index (χ2v) is 6.52. The van der Waals surface area contributed by atoms with E-state index in [0.717, 1.165) is 17.2 Å². The molecule has 0 bridgehead atoms. The molecule has 0 spiro atoms. The fraction of sp³-hybridized carbons (Fsp3) is 0.571. The molecule has 0 radical (unpaired) electrons. The van der Waals surface area contributed by atoms with Gasteiger partial charge in [-0.25, -0.2) is 9.97 Å². The molecule has 1 aliphatic rings. The number of hydrogen-bond acceptors (Lipinski definition) is 5. The van der Waals surface area contributed by atoms with Crippen LogP contribution in [0.15, 0.2) is 6.33 Å². The summed E-state index contributed by atoms with van der Waals surface area (Å²) in [7, 11) is 0. The van der Waals surface area contributed by atoms with Gasteiger partial charge in [0.2, 0.25) is 0 Å². The van der Waals surface area contributed by atoms with Crippen LogP contribution >= 0.6 is 11.3 Å². The van der Waals surface area contributed by atoms with E-state index in [1.807, 2.05) is 0 Å². The highest BCUT2D eigenvalue weighted by Gasteiger charge is 2.22. The Labute approximate surface area is 117 Å². The molecule has 3 rings (SSSR count). The van der Waals surface area contributed by atoms with E-state index in [0.29, 0.717) is 12.1 Å². The van der Waals surface area contributed by atoms with Crippen molar-refractivity contribution in [1.82, 2.24) is 15.3 Å². The minimum Gasteiger partial charge on any atom is -0.365 e. The first-order valence-corrected chi connectivity index (χ1v) is 7.69. The number of nitrogens with zero attached hydrogens (tertiary/aromatic N) is 2. The molecule has 0 aromatic carbocycles. The largest absolute Gasteiger partial charge is 0.365 e. The molecule has 1 fully saturated rings. The van der Waals surface area contributed by atoms with Gasteiger partial charge in [0.05, 0.1) is 5.39 Å². The lowest BCUT2D eigenvalue weighted by Crippen LogP contribution is -2.46. The Morgan fingerprint density at radius 1 is 1.37 bits per heavy atom. The van der Waals surface area contributed by atoms with Crippen LogP contribution in [0.25, 0.3) is 10.2 Å². The number of aryl methyl sites for hydroxylation is 2. The molecule has 1 aliphatic heterocycles. The maximum absolute atomic E-state index is 4.47. The SMILES string of the molecule is Cc1sc2ncnc(NC3CCCNC3C)c2c1C. The van der Waals surface area contributed by atoms with Crippen molar-refractivity contribution in [3.05, 3.63) is 16.8 Å². The van der Waals surface area contributed by atoms with Gasteiger partial charge in [0, 0.05) is 17.0 Å². The summed E-state index contributed by atoms with van der Waals surface area (Å²) in [6.07, 6.45) is 4.08. The van der Waals surface area contributed by atoms with E-state index in [4.69, 9.17) is 0 Å². The predicted octanol–water partition coefficient (Wildman–Crippen LogP) is 2.86. The minimum absolute atomic E-state index is 0.450. The highest BCUT2D eigenvalue weighted by molar-refractivity contribution is 7.18. The summed E-state index contributed by atoms with van der Waals surface area (Å²) in [5.41, 5.74) is 1.31. The monoisotopic (exact) mass is 276 g/mol. The fourth-order valence-electron chi connectivity index (χ4n) is 2.71. The van der Waals surface area contributed by atoms with E-state index in [2.05, 4.69) is 41.4 Å². The highest BCUT2D eigenvalue weighted by atomic mass is 32.1. The van der Waals surface area contributed by atoms with Crippen LogP contribution in [-0.4, -0.2) is 28.6 Å². The molecule has 19 heavy (non-hydrogen) atoms. The Morgan fingerprint density at radius 2 is 2.21 bits per heavy atom. The van der Waals surface area contributed by atoms with Gasteiger partial charge in [-0.2, -0.15) is 0 Å². The van der Waals surface area contributed by atoms with Crippen LogP contribution in [0.5, 0.6) is 0 Å². The molecule has 1 saturated heterocycles. The van der Waals surface area contributed by atoms with Gasteiger partial charge in [0.15, 0.2) is 0 Å². The van der Waals surface area contributed by atoms with Gasteiger partial charge in [0.1, 0.15) is 17.0 Å². The van der Waals surface area contributed by atoms with Crippen LogP contribution < -0.4 is 10.6 Å². The van der Waals surface area contributed by atoms with E-state index in [1.165, 1.54) is 28.7 Å². The average molecular weight is 276 g/mol. The van der Waals surface area contributed by atoms with Crippen LogP contribution in [0.2, 0.25) is 0 Å². The van der Waals surface area contributed by atoms with E-state index in [1.54, 1.807) is 17.7 Å². The summed E-state index contributed by atoms with van der Waals surface area (Å²) in [4.78, 5) is 11.3. The third kappa shape index (κ3) is 2.32. The van der Waals surface area contributed by atoms with Crippen molar-refractivity contribution >= 4 is 27.4 Å². The Hall–Kier alpha value is -1.20. The second kappa shape index (κ2) is 5.06. The third-order valence-corrected chi connectivity index (χ3v) is 5.16. The molecule has 2 aromatic rings. The van der Waals surface area contributed by atoms with Gasteiger partial charge >= 0.3 is 0 Å². The highest BCUT2D eigenvalue weighted by Crippen LogP contribution is 2.33. The Balaban J connectivity index is 1.96. The molecule has 0 amide bonds. The van der Waals surface area contributed by atoms with Crippen LogP contribution in [0, 0.1) is 13.8 Å². The number of hydrogen-bond donors (Lipinski definition) is 2. The summed E-state index contributed by atoms with van der Waals surface area (Å²) in [5.74, 6) is 0.993. The van der Waals surface area contributed by atoms with E-state index < -0.39 is 0 Å². The molecule has 2 unspecified atom stereocenters. The normalized spacial score (nSPS) is 23.7.